The Kier molecular flexibility index (Phi) is 3.66. The number of hydrogen-bond donors (Lipinski definition) is 2. The van der Waals surface area contributed by atoms with Gasteiger partial charge in [-0.05, 0) is 19.1 Å². The second-order valence-electron chi connectivity index (χ2n) is 3.61. The molecule has 1 heterocycles. The second kappa shape index (κ2) is 4.95. The summed E-state index contributed by atoms with van der Waals surface area (Å²) in [5.41, 5.74) is 0.265. The van der Waals surface area contributed by atoms with E-state index in [0.717, 1.165) is 23.5 Å². The van der Waals surface area contributed by atoms with Gasteiger partial charge >= 0.3 is 0 Å². The van der Waals surface area contributed by atoms with Crippen LogP contribution in [0.15, 0.2) is 22.4 Å². The Morgan fingerprint density at radius 1 is 1.47 bits per heavy atom. The van der Waals surface area contributed by atoms with Crippen molar-refractivity contribution in [2.24, 2.45) is 0 Å². The number of anilines is 1. The summed E-state index contributed by atoms with van der Waals surface area (Å²) in [5.74, 6) is -1.47. The Bertz CT molecular complexity index is 730. The first kappa shape index (κ1) is 14.0. The smallest absolute Gasteiger partial charge is 0.273 e. The van der Waals surface area contributed by atoms with Crippen LogP contribution in [0.25, 0.3) is 0 Å². The first-order valence-corrected chi connectivity index (χ1v) is 7.61. The highest BCUT2D eigenvalue weighted by Gasteiger charge is 2.21. The number of hydrogen-bond acceptors (Lipinski definition) is 5. The number of sulfonamides is 1. The summed E-state index contributed by atoms with van der Waals surface area (Å²) in [6.45, 7) is 1.51. The number of halogens is 2. The topological polar surface area (TPSA) is 79.3 Å². The molecule has 2 rings (SSSR count). The van der Waals surface area contributed by atoms with E-state index in [1.807, 2.05) is 0 Å². The summed E-state index contributed by atoms with van der Waals surface area (Å²) in [6, 6.07) is 3.18. The maximum atomic E-state index is 13.1. The lowest BCUT2D eigenvalue weighted by Gasteiger charge is -2.07. The third-order valence-corrected chi connectivity index (χ3v) is 5.42. The van der Waals surface area contributed by atoms with E-state index in [-0.39, 0.29) is 20.1 Å². The fraction of sp³-hybridized carbons (Fsp3) is 0.100. The lowest BCUT2D eigenvalue weighted by molar-refractivity contribution is 0.432. The van der Waals surface area contributed by atoms with Crippen molar-refractivity contribution in [3.8, 4) is 5.75 Å². The van der Waals surface area contributed by atoms with Crippen LogP contribution >= 0.6 is 22.9 Å². The van der Waals surface area contributed by atoms with Crippen LogP contribution in [0.3, 0.4) is 0 Å². The first-order valence-electron chi connectivity index (χ1n) is 4.94. The standard InChI is InChI=1S/C10H8ClFN2O3S2/c1-5-9(18-10(11)13-5)19(16,17)14-6-2-3-8(15)7(12)4-6/h2-4,14-15H,1H3. The summed E-state index contributed by atoms with van der Waals surface area (Å²) in [6.07, 6.45) is 0. The first-order chi connectivity index (χ1) is 8.79. The number of aromatic nitrogens is 1. The molecule has 0 aliphatic heterocycles. The number of phenolic OH excluding ortho intramolecular Hbond substituents is 1. The van der Waals surface area contributed by atoms with Gasteiger partial charge in [-0.2, -0.15) is 0 Å². The van der Waals surface area contributed by atoms with Gasteiger partial charge in [0.15, 0.2) is 20.2 Å². The van der Waals surface area contributed by atoms with Gasteiger partial charge in [0.1, 0.15) is 0 Å². The van der Waals surface area contributed by atoms with Gasteiger partial charge < -0.3 is 5.11 Å². The van der Waals surface area contributed by atoms with Crippen LogP contribution in [0.2, 0.25) is 4.47 Å². The van der Waals surface area contributed by atoms with Gasteiger partial charge in [-0.3, -0.25) is 4.72 Å². The Labute approximate surface area is 117 Å². The molecule has 2 aromatic rings. The van der Waals surface area contributed by atoms with E-state index in [4.69, 9.17) is 16.7 Å². The van der Waals surface area contributed by atoms with Gasteiger partial charge in [0.05, 0.1) is 11.4 Å². The van der Waals surface area contributed by atoms with Crippen molar-refractivity contribution in [2.45, 2.75) is 11.1 Å². The van der Waals surface area contributed by atoms with Crippen LogP contribution in [0.5, 0.6) is 5.75 Å². The van der Waals surface area contributed by atoms with Crippen LogP contribution in [0.4, 0.5) is 10.1 Å². The Balaban J connectivity index is 2.36. The van der Waals surface area contributed by atoms with Crippen LogP contribution in [-0.4, -0.2) is 18.5 Å². The number of aryl methyl sites for hydroxylation is 1. The summed E-state index contributed by atoms with van der Waals surface area (Å²) >= 11 is 6.45. The number of thiazole rings is 1. The zero-order valence-corrected chi connectivity index (χ0v) is 11.9. The molecular formula is C10H8ClFN2O3S2. The van der Waals surface area contributed by atoms with Crippen LogP contribution < -0.4 is 4.72 Å². The van der Waals surface area contributed by atoms with Crippen molar-refractivity contribution in [3.05, 3.63) is 34.2 Å². The number of phenols is 1. The van der Waals surface area contributed by atoms with Gasteiger partial charge in [-0.1, -0.05) is 22.9 Å². The molecule has 0 amide bonds. The molecule has 0 radical (unpaired) electrons. The number of nitrogens with one attached hydrogen (secondary N) is 1. The summed E-state index contributed by atoms with van der Waals surface area (Å²) in [4.78, 5) is 3.80. The predicted octanol–water partition coefficient (Wildman–Crippen LogP) is 2.75. The van der Waals surface area contributed by atoms with E-state index in [1.54, 1.807) is 0 Å². The molecule has 102 valence electrons. The van der Waals surface area contributed by atoms with Crippen LogP contribution in [0, 0.1) is 12.7 Å². The minimum Gasteiger partial charge on any atom is -0.505 e. The number of nitrogens with zero attached hydrogens (tertiary/aromatic N) is 1. The van der Waals surface area contributed by atoms with Gasteiger partial charge in [0.25, 0.3) is 10.0 Å². The molecule has 2 N–H and O–H groups in total. The zero-order chi connectivity index (χ0) is 14.2. The van der Waals surface area contributed by atoms with Gasteiger partial charge in [-0.15, -0.1) is 0 Å². The van der Waals surface area contributed by atoms with E-state index >= 15 is 0 Å². The highest BCUT2D eigenvalue weighted by molar-refractivity contribution is 7.94. The molecule has 1 aromatic carbocycles. The average molecular weight is 323 g/mol. The molecule has 0 aliphatic rings. The minimum absolute atomic E-state index is 0.000720. The van der Waals surface area contributed by atoms with Crippen molar-refractivity contribution in [1.29, 1.82) is 0 Å². The molecule has 19 heavy (non-hydrogen) atoms. The van der Waals surface area contributed by atoms with E-state index in [0.29, 0.717) is 0 Å². The van der Waals surface area contributed by atoms with Crippen molar-refractivity contribution >= 4 is 38.6 Å². The van der Waals surface area contributed by atoms with Crippen molar-refractivity contribution in [3.63, 3.8) is 0 Å². The molecule has 0 spiro atoms. The SMILES string of the molecule is Cc1nc(Cl)sc1S(=O)(=O)Nc1ccc(O)c(F)c1. The predicted molar refractivity (Wildman–Crippen MR) is 70.7 cm³/mol. The Morgan fingerprint density at radius 3 is 2.68 bits per heavy atom. The summed E-state index contributed by atoms with van der Waals surface area (Å²) < 4.78 is 39.5. The number of aromatic hydroxyl groups is 1. The van der Waals surface area contributed by atoms with Crippen LogP contribution in [-0.2, 0) is 10.0 Å². The summed E-state index contributed by atoms with van der Waals surface area (Å²) in [5, 5.41) is 9.03. The number of benzene rings is 1. The molecular weight excluding hydrogens is 315 g/mol. The van der Waals surface area contributed by atoms with Gasteiger partial charge in [0.2, 0.25) is 0 Å². The van der Waals surface area contributed by atoms with Crippen LogP contribution in [0.1, 0.15) is 5.69 Å². The highest BCUT2D eigenvalue weighted by Crippen LogP contribution is 2.29. The van der Waals surface area contributed by atoms with E-state index < -0.39 is 21.6 Å². The van der Waals surface area contributed by atoms with Gasteiger partial charge in [0, 0.05) is 6.07 Å². The minimum atomic E-state index is -3.88. The lowest BCUT2D eigenvalue weighted by Crippen LogP contribution is -2.12. The number of rotatable bonds is 3. The second-order valence-corrected chi connectivity index (χ2v) is 7.07. The molecule has 9 heteroatoms. The molecule has 0 unspecified atom stereocenters. The molecule has 0 atom stereocenters. The fourth-order valence-corrected chi connectivity index (χ4v) is 4.16. The molecule has 0 saturated heterocycles. The largest absolute Gasteiger partial charge is 0.505 e. The monoisotopic (exact) mass is 322 g/mol. The molecule has 0 bridgehead atoms. The lowest BCUT2D eigenvalue weighted by atomic mass is 10.3. The van der Waals surface area contributed by atoms with Gasteiger partial charge in [-0.25, -0.2) is 17.8 Å². The Hall–Kier alpha value is -1.38. The maximum Gasteiger partial charge on any atom is 0.273 e. The van der Waals surface area contributed by atoms with E-state index in [9.17, 15) is 12.8 Å². The molecule has 5 nitrogen and oxygen atoms in total. The molecule has 0 saturated carbocycles. The third-order valence-electron chi connectivity index (χ3n) is 2.17. The van der Waals surface area contributed by atoms with Crippen molar-refractivity contribution < 1.29 is 17.9 Å². The highest BCUT2D eigenvalue weighted by atomic mass is 35.5. The Morgan fingerprint density at radius 2 is 2.16 bits per heavy atom. The van der Waals surface area contributed by atoms with E-state index in [1.165, 1.54) is 13.0 Å². The maximum absolute atomic E-state index is 13.1. The van der Waals surface area contributed by atoms with Crippen molar-refractivity contribution in [1.82, 2.24) is 4.98 Å². The van der Waals surface area contributed by atoms with Crippen molar-refractivity contribution in [2.75, 3.05) is 4.72 Å². The average Bonchev–Trinajstić information content (AvgIpc) is 2.63. The molecule has 0 fully saturated rings. The molecule has 1 aromatic heterocycles. The normalized spacial score (nSPS) is 11.5. The fourth-order valence-electron chi connectivity index (χ4n) is 1.37. The van der Waals surface area contributed by atoms with E-state index in [2.05, 4.69) is 9.71 Å². The summed E-state index contributed by atoms with van der Waals surface area (Å²) in [7, 11) is -3.88. The zero-order valence-electron chi connectivity index (χ0n) is 9.52. The third kappa shape index (κ3) is 2.96. The molecule has 0 aliphatic carbocycles. The quantitative estimate of drug-likeness (QED) is 0.852.